The minimum atomic E-state index is -4.76. The van der Waals surface area contributed by atoms with Gasteiger partial charge in [-0.05, 0) is 70.6 Å². The molecule has 0 fully saturated rings. The molecule has 0 radical (unpaired) electrons. The minimum Gasteiger partial charge on any atom is -0.480 e. The average molecular weight is 924 g/mol. The van der Waals surface area contributed by atoms with Crippen LogP contribution in [0.2, 0.25) is 0 Å². The Morgan fingerprint density at radius 1 is 0.516 bits per heavy atom. The van der Waals surface area contributed by atoms with Gasteiger partial charge in [0.25, 0.3) is 0 Å². The first kappa shape index (κ1) is 61.4. The van der Waals surface area contributed by atoms with Crippen molar-refractivity contribution in [1.29, 1.82) is 0 Å². The number of hydrogen-bond acceptors (Lipinski definition) is 8. The first-order chi connectivity index (χ1) is 31.1. The number of allylic oxidation sites excluding steroid dienone is 8. The molecular formula is C52H94NO10P. The molecule has 1 amide bonds. The molecule has 3 atom stereocenters. The number of phosphoric acid groups is 1. The molecule has 0 heterocycles. The summed E-state index contributed by atoms with van der Waals surface area (Å²) in [6.45, 7) is 2.50. The molecule has 0 aliphatic heterocycles. The van der Waals surface area contributed by atoms with Gasteiger partial charge >= 0.3 is 19.8 Å². The Balaban J connectivity index is 3.80. The lowest BCUT2D eigenvalue weighted by atomic mass is 10.0. The van der Waals surface area contributed by atoms with Gasteiger partial charge in [-0.25, -0.2) is 9.36 Å². The second-order valence-electron chi connectivity index (χ2n) is 17.3. The lowest BCUT2D eigenvalue weighted by molar-refractivity contribution is -0.147. The standard InChI is InChI=1S/C52H94NO10P/c1-3-5-7-9-11-13-15-17-19-21-22-23-24-25-26-28-30-32-34-36-38-40-42-44-51(56)61-45-48(54)46-62-64(59,60)63-47-49(52(57)58)53-50(55)43-41-39-37-35-33-31-29-27-20-18-16-14-12-10-8-6-4-2/h6,8,12,14,17-20,48-49,54H,3-5,7,9-11,13,15-16,21-47H2,1-2H3,(H,53,55)(H,57,58)(H,59,60)/b8-6-,14-12-,19-17+,20-18-. The van der Waals surface area contributed by atoms with Crippen LogP contribution in [0.25, 0.3) is 0 Å². The van der Waals surface area contributed by atoms with E-state index in [0.29, 0.717) is 12.8 Å². The molecule has 11 nitrogen and oxygen atoms in total. The fourth-order valence-corrected chi connectivity index (χ4v) is 7.92. The number of carboxylic acids is 1. The third-order valence-electron chi connectivity index (χ3n) is 11.1. The molecule has 0 saturated carbocycles. The summed E-state index contributed by atoms with van der Waals surface area (Å²) in [5.74, 6) is -2.38. The van der Waals surface area contributed by atoms with Crippen LogP contribution < -0.4 is 5.32 Å². The van der Waals surface area contributed by atoms with E-state index in [-0.39, 0.29) is 12.8 Å². The van der Waals surface area contributed by atoms with E-state index >= 15 is 0 Å². The smallest absolute Gasteiger partial charge is 0.472 e. The molecule has 0 aromatic heterocycles. The van der Waals surface area contributed by atoms with Gasteiger partial charge in [-0.1, -0.05) is 197 Å². The normalized spacial score (nSPS) is 13.9. The Bertz CT molecular complexity index is 1270. The molecule has 0 aliphatic carbocycles. The van der Waals surface area contributed by atoms with Crippen molar-refractivity contribution in [2.24, 2.45) is 0 Å². The first-order valence-electron chi connectivity index (χ1n) is 25.7. The molecule has 0 aliphatic rings. The summed E-state index contributed by atoms with van der Waals surface area (Å²) in [7, 11) is -4.76. The predicted octanol–water partition coefficient (Wildman–Crippen LogP) is 14.1. The maximum Gasteiger partial charge on any atom is 0.472 e. The summed E-state index contributed by atoms with van der Waals surface area (Å²) in [5.41, 5.74) is 0. The first-order valence-corrected chi connectivity index (χ1v) is 27.2. The summed E-state index contributed by atoms with van der Waals surface area (Å²) in [5, 5.41) is 21.9. The molecule has 0 aromatic carbocycles. The van der Waals surface area contributed by atoms with E-state index in [1.165, 1.54) is 109 Å². The van der Waals surface area contributed by atoms with Crippen LogP contribution >= 0.6 is 7.82 Å². The number of aliphatic hydroxyl groups excluding tert-OH is 1. The van der Waals surface area contributed by atoms with Crippen LogP contribution in [0.5, 0.6) is 0 Å². The van der Waals surface area contributed by atoms with Crippen molar-refractivity contribution >= 4 is 25.7 Å². The Kier molecular flexibility index (Phi) is 45.1. The molecule has 0 saturated heterocycles. The van der Waals surface area contributed by atoms with Crippen LogP contribution in [0.3, 0.4) is 0 Å². The zero-order valence-corrected chi connectivity index (χ0v) is 41.5. The molecule has 4 N–H and O–H groups in total. The van der Waals surface area contributed by atoms with E-state index in [1.807, 2.05) is 0 Å². The van der Waals surface area contributed by atoms with Crippen LogP contribution in [0.1, 0.15) is 232 Å². The van der Waals surface area contributed by atoms with Gasteiger partial charge in [0.15, 0.2) is 6.04 Å². The Hall–Kier alpha value is -2.56. The monoisotopic (exact) mass is 924 g/mol. The third kappa shape index (κ3) is 46.0. The van der Waals surface area contributed by atoms with Gasteiger partial charge in [0.2, 0.25) is 5.91 Å². The van der Waals surface area contributed by atoms with Crippen molar-refractivity contribution in [3.05, 3.63) is 48.6 Å². The number of hydrogen-bond donors (Lipinski definition) is 4. The maximum absolute atomic E-state index is 12.3. The number of aliphatic hydroxyl groups is 1. The van der Waals surface area contributed by atoms with Gasteiger partial charge in [0, 0.05) is 12.8 Å². The molecule has 3 unspecified atom stereocenters. The Morgan fingerprint density at radius 2 is 0.906 bits per heavy atom. The van der Waals surface area contributed by atoms with Gasteiger partial charge in [-0.2, -0.15) is 0 Å². The predicted molar refractivity (Wildman–Crippen MR) is 263 cm³/mol. The van der Waals surface area contributed by atoms with Gasteiger partial charge < -0.3 is 25.2 Å². The summed E-state index contributed by atoms with van der Waals surface area (Å²) in [4.78, 5) is 46.1. The lowest BCUT2D eigenvalue weighted by Gasteiger charge is -2.18. The molecule has 372 valence electrons. The number of rotatable bonds is 48. The van der Waals surface area contributed by atoms with Crippen LogP contribution in [-0.2, 0) is 32.7 Å². The third-order valence-corrected chi connectivity index (χ3v) is 12.1. The zero-order chi connectivity index (χ0) is 47.0. The Morgan fingerprint density at radius 3 is 1.38 bits per heavy atom. The lowest BCUT2D eigenvalue weighted by Crippen LogP contribution is -2.43. The van der Waals surface area contributed by atoms with Crippen LogP contribution in [0, 0.1) is 0 Å². The van der Waals surface area contributed by atoms with Gasteiger partial charge in [0.05, 0.1) is 13.2 Å². The van der Waals surface area contributed by atoms with Crippen molar-refractivity contribution in [2.45, 2.75) is 244 Å². The van der Waals surface area contributed by atoms with Crippen molar-refractivity contribution in [3.8, 4) is 0 Å². The van der Waals surface area contributed by atoms with E-state index in [9.17, 15) is 34.1 Å². The Labute approximate surface area is 390 Å². The fourth-order valence-electron chi connectivity index (χ4n) is 7.15. The van der Waals surface area contributed by atoms with E-state index in [2.05, 4.69) is 67.8 Å². The number of unbranched alkanes of at least 4 members (excludes halogenated alkanes) is 26. The van der Waals surface area contributed by atoms with E-state index < -0.39 is 57.6 Å². The maximum atomic E-state index is 12.3. The zero-order valence-electron chi connectivity index (χ0n) is 40.6. The summed E-state index contributed by atoms with van der Waals surface area (Å²) < 4.78 is 26.9. The highest BCUT2D eigenvalue weighted by Gasteiger charge is 2.28. The summed E-state index contributed by atoms with van der Waals surface area (Å²) >= 11 is 0. The highest BCUT2D eigenvalue weighted by molar-refractivity contribution is 7.47. The highest BCUT2D eigenvalue weighted by atomic mass is 31.2. The largest absolute Gasteiger partial charge is 0.480 e. The molecule has 0 bridgehead atoms. The number of phosphoric ester groups is 1. The molecule has 0 rings (SSSR count). The second-order valence-corrected chi connectivity index (χ2v) is 18.8. The van der Waals surface area contributed by atoms with Crippen LogP contribution in [0.15, 0.2) is 48.6 Å². The average Bonchev–Trinajstić information content (AvgIpc) is 3.27. The van der Waals surface area contributed by atoms with Gasteiger partial charge in [-0.3, -0.25) is 18.6 Å². The topological polar surface area (TPSA) is 169 Å². The highest BCUT2D eigenvalue weighted by Crippen LogP contribution is 2.43. The number of carbonyl (C=O) groups is 3. The summed E-state index contributed by atoms with van der Waals surface area (Å²) in [6, 6.07) is -1.55. The summed E-state index contributed by atoms with van der Waals surface area (Å²) in [6.07, 6.45) is 54.2. The van der Waals surface area contributed by atoms with Crippen molar-refractivity contribution in [3.63, 3.8) is 0 Å². The fraction of sp³-hybridized carbons (Fsp3) is 0.788. The number of aliphatic carboxylic acids is 1. The van der Waals surface area contributed by atoms with E-state index in [1.54, 1.807) is 0 Å². The second kappa shape index (κ2) is 47.0. The number of carbonyl (C=O) groups excluding carboxylic acids is 2. The molecule has 0 aromatic rings. The van der Waals surface area contributed by atoms with Gasteiger partial charge in [-0.15, -0.1) is 0 Å². The number of ether oxygens (including phenoxy) is 1. The van der Waals surface area contributed by atoms with Crippen molar-refractivity contribution in [1.82, 2.24) is 5.32 Å². The van der Waals surface area contributed by atoms with Crippen LogP contribution in [0.4, 0.5) is 0 Å². The SMILES string of the molecule is CC/C=C\C/C=C\C/C=C\CCCCCCCCCC(=O)NC(COP(=O)(O)OCC(O)COC(=O)CCCCCCCCCCCCCCC/C=C/CCCCCCCC)C(=O)O. The van der Waals surface area contributed by atoms with Crippen molar-refractivity contribution in [2.75, 3.05) is 19.8 Å². The molecule has 0 spiro atoms. The minimum absolute atomic E-state index is 0.134. The molecule has 12 heteroatoms. The molecule has 64 heavy (non-hydrogen) atoms. The van der Waals surface area contributed by atoms with E-state index in [4.69, 9.17) is 13.8 Å². The van der Waals surface area contributed by atoms with Crippen LogP contribution in [-0.4, -0.2) is 64.9 Å². The number of esters is 1. The van der Waals surface area contributed by atoms with E-state index in [0.717, 1.165) is 83.5 Å². The molecular weight excluding hydrogens is 830 g/mol. The number of nitrogens with one attached hydrogen (secondary N) is 1. The number of amides is 1. The van der Waals surface area contributed by atoms with Gasteiger partial charge in [0.1, 0.15) is 12.7 Å². The van der Waals surface area contributed by atoms with Crippen molar-refractivity contribution < 1.29 is 47.8 Å². The quantitative estimate of drug-likeness (QED) is 0.0199. The number of carboxylic acid groups (broad SMARTS) is 1.